The van der Waals surface area contributed by atoms with E-state index in [9.17, 15) is 0 Å². The van der Waals surface area contributed by atoms with Crippen LogP contribution in [0.2, 0.25) is 0 Å². The molecule has 1 aliphatic rings. The van der Waals surface area contributed by atoms with E-state index in [1.807, 2.05) is 0 Å². The van der Waals surface area contributed by atoms with E-state index in [0.717, 1.165) is 19.1 Å². The van der Waals surface area contributed by atoms with Gasteiger partial charge in [0.25, 0.3) is 0 Å². The fraction of sp³-hybridized carbons (Fsp3) is 1.00. The first-order valence-electron chi connectivity index (χ1n) is 7.66. The van der Waals surface area contributed by atoms with Gasteiger partial charge in [-0.25, -0.2) is 0 Å². The minimum atomic E-state index is 0.468. The van der Waals surface area contributed by atoms with E-state index in [0.29, 0.717) is 12.1 Å². The Morgan fingerprint density at radius 1 is 1.12 bits per heavy atom. The van der Waals surface area contributed by atoms with E-state index in [-0.39, 0.29) is 0 Å². The molecule has 0 aromatic heterocycles. The van der Waals surface area contributed by atoms with Crippen molar-refractivity contribution in [3.63, 3.8) is 0 Å². The van der Waals surface area contributed by atoms with Crippen LogP contribution in [-0.2, 0) is 4.74 Å². The number of hydrogen-bond donors (Lipinski definition) is 1. The molecule has 0 radical (unpaired) electrons. The average Bonchev–Trinajstić information content (AvgIpc) is 2.38. The molecule has 0 heterocycles. The molecule has 0 saturated heterocycles. The van der Waals surface area contributed by atoms with Gasteiger partial charge in [-0.3, -0.25) is 0 Å². The molecule has 1 N–H and O–H groups in total. The van der Waals surface area contributed by atoms with Crippen molar-refractivity contribution in [1.82, 2.24) is 5.32 Å². The van der Waals surface area contributed by atoms with Crippen molar-refractivity contribution < 1.29 is 4.74 Å². The Balaban J connectivity index is 2.31. The van der Waals surface area contributed by atoms with Crippen molar-refractivity contribution in [2.45, 2.75) is 77.9 Å². The minimum Gasteiger partial charge on any atom is -0.376 e. The summed E-state index contributed by atoms with van der Waals surface area (Å²) >= 11 is 0. The lowest BCUT2D eigenvalue weighted by Gasteiger charge is -2.33. The molecular weight excluding hydrogens is 210 g/mol. The maximum Gasteiger partial charge on any atom is 0.0728 e. The molecular formula is C15H31NO. The summed E-state index contributed by atoms with van der Waals surface area (Å²) in [5.74, 6) is 0.753. The molecule has 1 rings (SSSR count). The van der Waals surface area contributed by atoms with Gasteiger partial charge in [-0.2, -0.15) is 0 Å². The summed E-state index contributed by atoms with van der Waals surface area (Å²) < 4.78 is 6.17. The van der Waals surface area contributed by atoms with E-state index in [1.54, 1.807) is 0 Å². The van der Waals surface area contributed by atoms with Crippen LogP contribution < -0.4 is 5.32 Å². The van der Waals surface area contributed by atoms with Gasteiger partial charge >= 0.3 is 0 Å². The molecule has 1 aliphatic carbocycles. The molecule has 0 spiro atoms. The van der Waals surface area contributed by atoms with Gasteiger partial charge in [-0.1, -0.05) is 46.5 Å². The fourth-order valence-corrected chi connectivity index (χ4v) is 2.64. The standard InChI is InChI=1S/C15H31NO/c1-4-11-16-14-9-7-8-10-15(14)17-12-13(5-2)6-3/h13-16H,4-12H2,1-3H3. The second kappa shape index (κ2) is 8.93. The highest BCUT2D eigenvalue weighted by Crippen LogP contribution is 2.22. The lowest BCUT2D eigenvalue weighted by molar-refractivity contribution is -0.0134. The van der Waals surface area contributed by atoms with Crippen LogP contribution in [0.25, 0.3) is 0 Å². The minimum absolute atomic E-state index is 0.468. The monoisotopic (exact) mass is 241 g/mol. The molecule has 2 nitrogen and oxygen atoms in total. The molecule has 2 unspecified atom stereocenters. The SMILES string of the molecule is CCCNC1CCCCC1OCC(CC)CC. The van der Waals surface area contributed by atoms with Crippen molar-refractivity contribution in [1.29, 1.82) is 0 Å². The van der Waals surface area contributed by atoms with Crippen LogP contribution in [-0.4, -0.2) is 25.3 Å². The Labute approximate surface area is 108 Å². The van der Waals surface area contributed by atoms with E-state index >= 15 is 0 Å². The van der Waals surface area contributed by atoms with Crippen LogP contribution in [0.3, 0.4) is 0 Å². The quantitative estimate of drug-likeness (QED) is 0.699. The molecule has 102 valence electrons. The Bertz CT molecular complexity index is 180. The highest BCUT2D eigenvalue weighted by Gasteiger charge is 2.25. The van der Waals surface area contributed by atoms with Crippen LogP contribution in [0.15, 0.2) is 0 Å². The molecule has 1 fully saturated rings. The van der Waals surface area contributed by atoms with Crippen molar-refractivity contribution in [3.8, 4) is 0 Å². The van der Waals surface area contributed by atoms with Gasteiger partial charge in [-0.15, -0.1) is 0 Å². The summed E-state index contributed by atoms with van der Waals surface area (Å²) in [5.41, 5.74) is 0. The third-order valence-corrected chi connectivity index (χ3v) is 4.06. The number of nitrogens with one attached hydrogen (secondary N) is 1. The zero-order chi connectivity index (χ0) is 12.5. The Kier molecular flexibility index (Phi) is 7.87. The first-order valence-corrected chi connectivity index (χ1v) is 7.66. The van der Waals surface area contributed by atoms with Gasteiger partial charge in [0.1, 0.15) is 0 Å². The zero-order valence-electron chi connectivity index (χ0n) is 12.0. The predicted molar refractivity (Wildman–Crippen MR) is 74.4 cm³/mol. The zero-order valence-corrected chi connectivity index (χ0v) is 12.0. The Morgan fingerprint density at radius 2 is 1.82 bits per heavy atom. The smallest absolute Gasteiger partial charge is 0.0728 e. The van der Waals surface area contributed by atoms with E-state index in [2.05, 4.69) is 26.1 Å². The Morgan fingerprint density at radius 3 is 2.47 bits per heavy atom. The maximum absolute atomic E-state index is 6.17. The van der Waals surface area contributed by atoms with E-state index < -0.39 is 0 Å². The third-order valence-electron chi connectivity index (χ3n) is 4.06. The van der Waals surface area contributed by atoms with Gasteiger partial charge < -0.3 is 10.1 Å². The molecule has 2 heteroatoms. The predicted octanol–water partition coefficient (Wildman–Crippen LogP) is 3.75. The molecule has 0 aromatic carbocycles. The summed E-state index contributed by atoms with van der Waals surface area (Å²) in [6.45, 7) is 8.86. The van der Waals surface area contributed by atoms with Crippen LogP contribution in [0, 0.1) is 5.92 Å². The van der Waals surface area contributed by atoms with Crippen LogP contribution in [0.5, 0.6) is 0 Å². The lowest BCUT2D eigenvalue weighted by atomic mass is 9.92. The largest absolute Gasteiger partial charge is 0.376 e. The summed E-state index contributed by atoms with van der Waals surface area (Å²) in [7, 11) is 0. The van der Waals surface area contributed by atoms with Crippen LogP contribution in [0.1, 0.15) is 65.7 Å². The summed E-state index contributed by atoms with van der Waals surface area (Å²) in [4.78, 5) is 0. The molecule has 17 heavy (non-hydrogen) atoms. The van der Waals surface area contributed by atoms with Crippen molar-refractivity contribution in [3.05, 3.63) is 0 Å². The van der Waals surface area contributed by atoms with Gasteiger partial charge in [0.2, 0.25) is 0 Å². The number of hydrogen-bond acceptors (Lipinski definition) is 2. The van der Waals surface area contributed by atoms with Crippen LogP contribution >= 0.6 is 0 Å². The normalized spacial score (nSPS) is 25.4. The maximum atomic E-state index is 6.17. The first-order chi connectivity index (χ1) is 8.31. The fourth-order valence-electron chi connectivity index (χ4n) is 2.64. The highest BCUT2D eigenvalue weighted by molar-refractivity contribution is 4.81. The second-order valence-electron chi connectivity index (χ2n) is 5.40. The van der Waals surface area contributed by atoms with Crippen LogP contribution in [0.4, 0.5) is 0 Å². The number of ether oxygens (including phenoxy) is 1. The van der Waals surface area contributed by atoms with Crippen molar-refractivity contribution in [2.75, 3.05) is 13.2 Å². The number of rotatable bonds is 8. The third kappa shape index (κ3) is 5.39. The van der Waals surface area contributed by atoms with E-state index in [1.165, 1.54) is 44.9 Å². The Hall–Kier alpha value is -0.0800. The highest BCUT2D eigenvalue weighted by atomic mass is 16.5. The molecule has 0 amide bonds. The summed E-state index contributed by atoms with van der Waals surface area (Å²) in [5, 5.41) is 3.66. The first kappa shape index (κ1) is 15.0. The summed E-state index contributed by atoms with van der Waals surface area (Å²) in [6.07, 6.45) is 9.44. The summed E-state index contributed by atoms with van der Waals surface area (Å²) in [6, 6.07) is 0.609. The van der Waals surface area contributed by atoms with Gasteiger partial charge in [0, 0.05) is 12.6 Å². The van der Waals surface area contributed by atoms with Crippen molar-refractivity contribution >= 4 is 0 Å². The van der Waals surface area contributed by atoms with Gasteiger partial charge in [-0.05, 0) is 31.7 Å². The molecule has 1 saturated carbocycles. The lowest BCUT2D eigenvalue weighted by Crippen LogP contribution is -2.44. The topological polar surface area (TPSA) is 21.3 Å². The average molecular weight is 241 g/mol. The second-order valence-corrected chi connectivity index (χ2v) is 5.40. The van der Waals surface area contributed by atoms with E-state index in [4.69, 9.17) is 4.74 Å². The molecule has 0 aliphatic heterocycles. The van der Waals surface area contributed by atoms with Gasteiger partial charge in [0.05, 0.1) is 6.10 Å². The van der Waals surface area contributed by atoms with Gasteiger partial charge in [0.15, 0.2) is 0 Å². The molecule has 0 aromatic rings. The van der Waals surface area contributed by atoms with Crippen molar-refractivity contribution in [2.24, 2.45) is 5.92 Å². The molecule has 2 atom stereocenters. The molecule has 0 bridgehead atoms.